The lowest BCUT2D eigenvalue weighted by Gasteiger charge is -2.33. The van der Waals surface area contributed by atoms with Gasteiger partial charge in [-0.1, -0.05) is 91.0 Å². The summed E-state index contributed by atoms with van der Waals surface area (Å²) in [6.45, 7) is 2.47. The number of halogens is 1. The molecule has 0 radical (unpaired) electrons. The van der Waals surface area contributed by atoms with E-state index in [1.54, 1.807) is 11.8 Å². The monoisotopic (exact) mass is 562 g/mol. The molecule has 0 spiro atoms. The Morgan fingerprint density at radius 1 is 0.923 bits per heavy atom. The summed E-state index contributed by atoms with van der Waals surface area (Å²) in [5.41, 5.74) is 3.26. The summed E-state index contributed by atoms with van der Waals surface area (Å²) in [6, 6.07) is 25.7. The first-order chi connectivity index (χ1) is 19.0. The first-order valence-corrected chi connectivity index (χ1v) is 15.4. The molecule has 0 heterocycles. The van der Waals surface area contributed by atoms with Gasteiger partial charge >= 0.3 is 0 Å². The molecule has 4 rings (SSSR count). The van der Waals surface area contributed by atoms with E-state index in [2.05, 4.69) is 36.5 Å². The third kappa shape index (κ3) is 9.44. The zero-order valence-corrected chi connectivity index (χ0v) is 24.4. The van der Waals surface area contributed by atoms with Crippen molar-refractivity contribution in [1.29, 1.82) is 0 Å². The molecule has 6 heteroatoms. The number of hydrogen-bond donors (Lipinski definition) is 1. The van der Waals surface area contributed by atoms with Crippen LogP contribution in [0.4, 0.5) is 0 Å². The van der Waals surface area contributed by atoms with Crippen LogP contribution in [0.2, 0.25) is 5.02 Å². The third-order valence-corrected chi connectivity index (χ3v) is 8.66. The highest BCUT2D eigenvalue weighted by atomic mass is 35.5. The average molecular weight is 563 g/mol. The molecule has 0 saturated heterocycles. The molecule has 0 aliphatic heterocycles. The summed E-state index contributed by atoms with van der Waals surface area (Å²) in [6.07, 6.45) is 7.17. The van der Waals surface area contributed by atoms with E-state index in [0.29, 0.717) is 19.4 Å². The predicted octanol–water partition coefficient (Wildman–Crippen LogP) is 7.61. The van der Waals surface area contributed by atoms with Crippen molar-refractivity contribution in [2.75, 3.05) is 5.75 Å². The quantitative estimate of drug-likeness (QED) is 0.182. The maximum Gasteiger partial charge on any atom is 0.243 e. The Balaban J connectivity index is 1.51. The summed E-state index contributed by atoms with van der Waals surface area (Å²) in [5, 5.41) is 4.03. The second kappa shape index (κ2) is 15.1. The molecular formula is C33H39ClN2O2S. The lowest BCUT2D eigenvalue weighted by Crippen LogP contribution is -2.52. The van der Waals surface area contributed by atoms with Crippen LogP contribution in [0, 0.1) is 6.92 Å². The number of nitrogens with one attached hydrogen (secondary N) is 1. The van der Waals surface area contributed by atoms with Crippen molar-refractivity contribution < 1.29 is 9.59 Å². The molecule has 0 unspecified atom stereocenters. The molecule has 1 fully saturated rings. The maximum absolute atomic E-state index is 13.8. The second-order valence-corrected chi connectivity index (χ2v) is 12.1. The number of aryl methyl sites for hydroxylation is 1. The zero-order chi connectivity index (χ0) is 27.5. The second-order valence-electron chi connectivity index (χ2n) is 10.5. The van der Waals surface area contributed by atoms with E-state index in [9.17, 15) is 9.59 Å². The molecule has 1 N–H and O–H groups in total. The summed E-state index contributed by atoms with van der Waals surface area (Å²) >= 11 is 7.73. The Labute approximate surface area is 242 Å². The van der Waals surface area contributed by atoms with Gasteiger partial charge in [0.1, 0.15) is 6.04 Å². The SMILES string of the molecule is Cc1ccc(CN(C(=O)CCCSc2ccc(Cl)cc2)[C@H](Cc2ccccc2)C(=O)NC2CCCCC2)cc1. The fourth-order valence-corrected chi connectivity index (χ4v) is 6.06. The zero-order valence-electron chi connectivity index (χ0n) is 22.8. The number of nitrogens with zero attached hydrogens (tertiary/aromatic N) is 1. The fraction of sp³-hybridized carbons (Fsp3) is 0.394. The highest BCUT2D eigenvalue weighted by Crippen LogP contribution is 2.23. The average Bonchev–Trinajstić information content (AvgIpc) is 2.96. The van der Waals surface area contributed by atoms with Crippen molar-refractivity contribution in [3.63, 3.8) is 0 Å². The first kappa shape index (κ1) is 29.2. The van der Waals surface area contributed by atoms with Crippen LogP contribution in [0.25, 0.3) is 0 Å². The van der Waals surface area contributed by atoms with E-state index in [1.807, 2.05) is 59.5 Å². The van der Waals surface area contributed by atoms with Gasteiger partial charge in [0.15, 0.2) is 0 Å². The summed E-state index contributed by atoms with van der Waals surface area (Å²) in [5.74, 6) is 0.803. The van der Waals surface area contributed by atoms with Crippen LogP contribution < -0.4 is 5.32 Å². The van der Waals surface area contributed by atoms with Crippen molar-refractivity contribution in [3.8, 4) is 0 Å². The first-order valence-electron chi connectivity index (χ1n) is 14.1. The molecule has 3 aromatic rings. The predicted molar refractivity (Wildman–Crippen MR) is 162 cm³/mol. The molecule has 0 aromatic heterocycles. The van der Waals surface area contributed by atoms with Crippen molar-refractivity contribution in [1.82, 2.24) is 10.2 Å². The molecule has 206 valence electrons. The molecular weight excluding hydrogens is 524 g/mol. The molecule has 4 nitrogen and oxygen atoms in total. The van der Waals surface area contributed by atoms with Gasteiger partial charge in [0.05, 0.1) is 0 Å². The standard InChI is InChI=1S/C33H39ClN2O2S/c1-25-14-16-27(17-15-25)24-36(32(37)13-8-22-39-30-20-18-28(34)19-21-30)31(23-26-9-4-2-5-10-26)33(38)35-29-11-6-3-7-12-29/h2,4-5,9-10,14-21,29,31H,3,6-8,11-13,22-24H2,1H3,(H,35,38)/t31-/m1/s1. The third-order valence-electron chi connectivity index (χ3n) is 7.31. The number of thioether (sulfide) groups is 1. The van der Waals surface area contributed by atoms with Gasteiger partial charge in [0.2, 0.25) is 11.8 Å². The van der Waals surface area contributed by atoms with Crippen LogP contribution in [-0.2, 0) is 22.6 Å². The van der Waals surface area contributed by atoms with Crippen molar-refractivity contribution in [2.24, 2.45) is 0 Å². The van der Waals surface area contributed by atoms with E-state index in [4.69, 9.17) is 11.6 Å². The van der Waals surface area contributed by atoms with Crippen LogP contribution in [0.5, 0.6) is 0 Å². The number of amides is 2. The van der Waals surface area contributed by atoms with Crippen molar-refractivity contribution >= 4 is 35.2 Å². The van der Waals surface area contributed by atoms with Gasteiger partial charge < -0.3 is 10.2 Å². The number of carbonyl (C=O) groups excluding carboxylic acids is 2. The van der Waals surface area contributed by atoms with Crippen molar-refractivity contribution in [3.05, 3.63) is 101 Å². The largest absolute Gasteiger partial charge is 0.352 e. The van der Waals surface area contributed by atoms with Crippen LogP contribution in [-0.4, -0.2) is 34.6 Å². The van der Waals surface area contributed by atoms with E-state index in [0.717, 1.165) is 58.9 Å². The molecule has 1 aliphatic carbocycles. The fourth-order valence-electron chi connectivity index (χ4n) is 5.08. The lowest BCUT2D eigenvalue weighted by molar-refractivity contribution is -0.141. The lowest BCUT2D eigenvalue weighted by atomic mass is 9.94. The minimum absolute atomic E-state index is 0.0204. The van der Waals surface area contributed by atoms with Gasteiger partial charge in [-0.15, -0.1) is 11.8 Å². The normalized spacial score (nSPS) is 14.5. The Morgan fingerprint density at radius 2 is 1.62 bits per heavy atom. The van der Waals surface area contributed by atoms with Crippen LogP contribution in [0.15, 0.2) is 83.8 Å². The van der Waals surface area contributed by atoms with Gasteiger partial charge in [0, 0.05) is 35.3 Å². The van der Waals surface area contributed by atoms with E-state index in [-0.39, 0.29) is 17.9 Å². The number of hydrogen-bond acceptors (Lipinski definition) is 3. The van der Waals surface area contributed by atoms with E-state index < -0.39 is 6.04 Å². The number of benzene rings is 3. The van der Waals surface area contributed by atoms with Gasteiger partial charge in [-0.25, -0.2) is 0 Å². The Bertz CT molecular complexity index is 1180. The molecule has 3 aromatic carbocycles. The topological polar surface area (TPSA) is 49.4 Å². The smallest absolute Gasteiger partial charge is 0.243 e. The van der Waals surface area contributed by atoms with E-state index >= 15 is 0 Å². The maximum atomic E-state index is 13.8. The summed E-state index contributed by atoms with van der Waals surface area (Å²) in [4.78, 5) is 30.6. The minimum atomic E-state index is -0.563. The summed E-state index contributed by atoms with van der Waals surface area (Å²) < 4.78 is 0. The minimum Gasteiger partial charge on any atom is -0.352 e. The summed E-state index contributed by atoms with van der Waals surface area (Å²) in [7, 11) is 0. The van der Waals surface area contributed by atoms with Gasteiger partial charge in [-0.3, -0.25) is 9.59 Å². The Hall–Kier alpha value is -2.76. The number of rotatable bonds is 12. The van der Waals surface area contributed by atoms with Gasteiger partial charge in [0.25, 0.3) is 0 Å². The highest BCUT2D eigenvalue weighted by Gasteiger charge is 2.31. The molecule has 1 atom stereocenters. The molecule has 1 saturated carbocycles. The van der Waals surface area contributed by atoms with Gasteiger partial charge in [-0.2, -0.15) is 0 Å². The Kier molecular flexibility index (Phi) is 11.3. The molecule has 2 amide bonds. The molecule has 1 aliphatic rings. The highest BCUT2D eigenvalue weighted by molar-refractivity contribution is 7.99. The molecule has 0 bridgehead atoms. The van der Waals surface area contributed by atoms with E-state index in [1.165, 1.54) is 12.0 Å². The number of carbonyl (C=O) groups is 2. The molecule has 39 heavy (non-hydrogen) atoms. The van der Waals surface area contributed by atoms with Crippen LogP contribution in [0.3, 0.4) is 0 Å². The van der Waals surface area contributed by atoms with Crippen molar-refractivity contribution in [2.45, 2.75) is 81.8 Å². The van der Waals surface area contributed by atoms with Crippen LogP contribution in [0.1, 0.15) is 61.6 Å². The Morgan fingerprint density at radius 3 is 2.31 bits per heavy atom. The van der Waals surface area contributed by atoms with Gasteiger partial charge in [-0.05, 0) is 67.3 Å². The van der Waals surface area contributed by atoms with Crippen LogP contribution >= 0.6 is 23.4 Å².